The molecule has 132 valence electrons. The summed E-state index contributed by atoms with van der Waals surface area (Å²) in [6.45, 7) is 4.21. The van der Waals surface area contributed by atoms with E-state index in [0.29, 0.717) is 35.3 Å². The van der Waals surface area contributed by atoms with E-state index in [1.165, 1.54) is 13.4 Å². The maximum Gasteiger partial charge on any atom is 0.338 e. The molecular weight excluding hydrogens is 324 g/mol. The van der Waals surface area contributed by atoms with Gasteiger partial charge in [0.05, 0.1) is 26.4 Å². The maximum absolute atomic E-state index is 12.4. The predicted octanol–water partition coefficient (Wildman–Crippen LogP) is 2.15. The Hall–Kier alpha value is -3.03. The smallest absolute Gasteiger partial charge is 0.338 e. The zero-order valence-corrected chi connectivity index (χ0v) is 14.6. The van der Waals surface area contributed by atoms with Crippen LogP contribution in [0.1, 0.15) is 25.5 Å². The second-order valence-corrected chi connectivity index (χ2v) is 5.43. The fraction of sp³-hybridized carbons (Fsp3) is 0.353. The molecule has 1 aromatic heterocycles. The second kappa shape index (κ2) is 6.84. The first kappa shape index (κ1) is 16.8. The summed E-state index contributed by atoms with van der Waals surface area (Å²) in [6.07, 6.45) is 1.44. The van der Waals surface area contributed by atoms with Gasteiger partial charge >= 0.3 is 5.97 Å². The van der Waals surface area contributed by atoms with Crippen LogP contribution in [0.25, 0.3) is 0 Å². The number of methoxy groups -OCH3 is 2. The summed E-state index contributed by atoms with van der Waals surface area (Å²) in [5.41, 5.74) is 1.96. The number of benzene rings is 1. The molecule has 1 N–H and O–H groups in total. The lowest BCUT2D eigenvalue weighted by molar-refractivity contribution is -0.136. The van der Waals surface area contributed by atoms with Gasteiger partial charge < -0.3 is 19.5 Å². The number of anilines is 1. The van der Waals surface area contributed by atoms with E-state index in [-0.39, 0.29) is 0 Å². The van der Waals surface area contributed by atoms with Gasteiger partial charge in [-0.1, -0.05) is 6.07 Å². The minimum absolute atomic E-state index is 0.426. The van der Waals surface area contributed by atoms with Gasteiger partial charge in [0.25, 0.3) is 0 Å². The third kappa shape index (κ3) is 2.90. The summed E-state index contributed by atoms with van der Waals surface area (Å²) in [4.78, 5) is 16.6. The highest BCUT2D eigenvalue weighted by Crippen LogP contribution is 2.38. The summed E-state index contributed by atoms with van der Waals surface area (Å²) in [7, 11) is 2.94. The van der Waals surface area contributed by atoms with Gasteiger partial charge in [-0.05, 0) is 31.5 Å². The molecule has 0 saturated carbocycles. The van der Waals surface area contributed by atoms with Crippen LogP contribution in [0.3, 0.4) is 0 Å². The standard InChI is InChI=1S/C17H20N4O4/c1-5-25-13-8-11(6-7-12(13)23-3)15-14(16(22)24-4)10(2)20-17-18-9-19-21(15)17/h6-9,15H,5H2,1-4H3,(H,18,19,20)/t15-/m0/s1. The number of carbonyl (C=O) groups is 1. The quantitative estimate of drug-likeness (QED) is 0.832. The van der Waals surface area contributed by atoms with Gasteiger partial charge in [-0.25, -0.2) is 9.48 Å². The predicted molar refractivity (Wildman–Crippen MR) is 90.7 cm³/mol. The normalized spacial score (nSPS) is 16.1. The highest BCUT2D eigenvalue weighted by molar-refractivity contribution is 5.92. The topological polar surface area (TPSA) is 87.5 Å². The van der Waals surface area contributed by atoms with Gasteiger partial charge in [0.2, 0.25) is 5.95 Å². The molecule has 25 heavy (non-hydrogen) atoms. The molecule has 0 fully saturated rings. The number of esters is 1. The highest BCUT2D eigenvalue weighted by atomic mass is 16.5. The van der Waals surface area contributed by atoms with E-state index in [1.807, 2.05) is 32.0 Å². The zero-order valence-electron chi connectivity index (χ0n) is 14.6. The van der Waals surface area contributed by atoms with E-state index < -0.39 is 12.0 Å². The molecule has 1 aromatic carbocycles. The third-order valence-corrected chi connectivity index (χ3v) is 4.00. The maximum atomic E-state index is 12.4. The first-order valence-electron chi connectivity index (χ1n) is 7.87. The lowest BCUT2D eigenvalue weighted by atomic mass is 9.95. The van der Waals surface area contributed by atoms with Gasteiger partial charge in [0.1, 0.15) is 12.4 Å². The molecule has 0 amide bonds. The van der Waals surface area contributed by atoms with Crippen LogP contribution >= 0.6 is 0 Å². The number of nitrogens with zero attached hydrogens (tertiary/aromatic N) is 3. The fourth-order valence-electron chi connectivity index (χ4n) is 2.91. The molecular formula is C17H20N4O4. The van der Waals surface area contributed by atoms with Crippen molar-refractivity contribution in [3.8, 4) is 11.5 Å². The van der Waals surface area contributed by atoms with Gasteiger partial charge in [-0.2, -0.15) is 10.1 Å². The molecule has 8 heteroatoms. The van der Waals surface area contributed by atoms with Gasteiger partial charge in [-0.3, -0.25) is 0 Å². The van der Waals surface area contributed by atoms with Crippen molar-refractivity contribution in [2.24, 2.45) is 0 Å². The van der Waals surface area contributed by atoms with Crippen LogP contribution in [0.4, 0.5) is 5.95 Å². The van der Waals surface area contributed by atoms with Crippen LogP contribution in [0.15, 0.2) is 35.8 Å². The molecule has 1 atom stereocenters. The number of allylic oxidation sites excluding steroid dienone is 1. The number of fused-ring (bicyclic) bond motifs is 1. The summed E-state index contributed by atoms with van der Waals surface area (Å²) >= 11 is 0. The number of nitrogens with one attached hydrogen (secondary N) is 1. The van der Waals surface area contributed by atoms with Gasteiger partial charge in [0, 0.05) is 5.70 Å². The molecule has 0 saturated heterocycles. The molecule has 0 radical (unpaired) electrons. The monoisotopic (exact) mass is 344 g/mol. The zero-order chi connectivity index (χ0) is 18.0. The van der Waals surface area contributed by atoms with Crippen molar-refractivity contribution in [3.05, 3.63) is 41.4 Å². The van der Waals surface area contributed by atoms with Crippen LogP contribution < -0.4 is 14.8 Å². The highest BCUT2D eigenvalue weighted by Gasteiger charge is 2.34. The van der Waals surface area contributed by atoms with Crippen molar-refractivity contribution in [2.75, 3.05) is 26.1 Å². The van der Waals surface area contributed by atoms with Crippen molar-refractivity contribution in [3.63, 3.8) is 0 Å². The lowest BCUT2D eigenvalue weighted by Crippen LogP contribution is -2.29. The van der Waals surface area contributed by atoms with E-state index in [2.05, 4.69) is 15.4 Å². The second-order valence-electron chi connectivity index (χ2n) is 5.43. The summed E-state index contributed by atoms with van der Waals surface area (Å²) in [5.74, 6) is 1.36. The third-order valence-electron chi connectivity index (χ3n) is 4.00. The van der Waals surface area contributed by atoms with Crippen molar-refractivity contribution in [1.82, 2.24) is 14.8 Å². The number of aromatic nitrogens is 3. The molecule has 0 aliphatic carbocycles. The molecule has 2 aromatic rings. The molecule has 8 nitrogen and oxygen atoms in total. The van der Waals surface area contributed by atoms with Crippen molar-refractivity contribution >= 4 is 11.9 Å². The summed E-state index contributed by atoms with van der Waals surface area (Å²) in [6, 6.07) is 5.05. The van der Waals surface area contributed by atoms with Gasteiger partial charge in [-0.15, -0.1) is 0 Å². The molecule has 1 aliphatic rings. The van der Waals surface area contributed by atoms with E-state index >= 15 is 0 Å². The number of hydrogen-bond donors (Lipinski definition) is 1. The summed E-state index contributed by atoms with van der Waals surface area (Å²) < 4.78 is 17.6. The van der Waals surface area contributed by atoms with Crippen LogP contribution in [0.2, 0.25) is 0 Å². The van der Waals surface area contributed by atoms with E-state index in [4.69, 9.17) is 14.2 Å². The number of hydrogen-bond acceptors (Lipinski definition) is 7. The SMILES string of the molecule is CCOc1cc([C@H]2C(C(=O)OC)=C(C)Nc3ncnn32)ccc1OC. The van der Waals surface area contributed by atoms with Crippen LogP contribution in [-0.4, -0.2) is 41.6 Å². The Balaban J connectivity index is 2.16. The molecule has 0 bridgehead atoms. The first-order valence-corrected chi connectivity index (χ1v) is 7.87. The Kier molecular flexibility index (Phi) is 4.60. The Morgan fingerprint density at radius 2 is 2.12 bits per heavy atom. The Bertz CT molecular complexity index is 828. The fourth-order valence-corrected chi connectivity index (χ4v) is 2.91. The average Bonchev–Trinajstić information content (AvgIpc) is 3.08. The summed E-state index contributed by atoms with van der Waals surface area (Å²) in [5, 5.41) is 7.34. The average molecular weight is 344 g/mol. The number of carbonyl (C=O) groups excluding carboxylic acids is 1. The molecule has 1 aliphatic heterocycles. The minimum atomic E-state index is -0.476. The minimum Gasteiger partial charge on any atom is -0.493 e. The number of ether oxygens (including phenoxy) is 3. The van der Waals surface area contributed by atoms with E-state index in [0.717, 1.165) is 5.56 Å². The Labute approximate surface area is 145 Å². The van der Waals surface area contributed by atoms with Crippen molar-refractivity contribution < 1.29 is 19.0 Å². The van der Waals surface area contributed by atoms with Crippen LogP contribution in [0, 0.1) is 0 Å². The van der Waals surface area contributed by atoms with Crippen molar-refractivity contribution in [1.29, 1.82) is 0 Å². The van der Waals surface area contributed by atoms with Crippen molar-refractivity contribution in [2.45, 2.75) is 19.9 Å². The van der Waals surface area contributed by atoms with Gasteiger partial charge in [0.15, 0.2) is 11.5 Å². The molecule has 0 spiro atoms. The largest absolute Gasteiger partial charge is 0.493 e. The first-order chi connectivity index (χ1) is 12.1. The Morgan fingerprint density at radius 3 is 2.80 bits per heavy atom. The van der Waals surface area contributed by atoms with Crippen LogP contribution in [-0.2, 0) is 9.53 Å². The molecule has 0 unspecified atom stereocenters. The number of rotatable bonds is 5. The van der Waals surface area contributed by atoms with E-state index in [9.17, 15) is 4.79 Å². The molecule has 2 heterocycles. The Morgan fingerprint density at radius 1 is 1.32 bits per heavy atom. The van der Waals surface area contributed by atoms with E-state index in [1.54, 1.807) is 11.8 Å². The van der Waals surface area contributed by atoms with Crippen LogP contribution in [0.5, 0.6) is 11.5 Å². The lowest BCUT2D eigenvalue weighted by Gasteiger charge is -2.28. The molecule has 3 rings (SSSR count).